The topological polar surface area (TPSA) is 65.1 Å². The number of carbonyl (C=O) groups is 2. The molecule has 1 atom stereocenters. The van der Waals surface area contributed by atoms with E-state index in [4.69, 9.17) is 4.74 Å². The van der Waals surface area contributed by atoms with Crippen molar-refractivity contribution in [2.24, 2.45) is 0 Å². The van der Waals surface area contributed by atoms with Crippen molar-refractivity contribution in [3.63, 3.8) is 0 Å². The van der Waals surface area contributed by atoms with Gasteiger partial charge in [-0.1, -0.05) is 6.07 Å². The number of urea groups is 1. The summed E-state index contributed by atoms with van der Waals surface area (Å²) in [6.07, 6.45) is 0.216. The Morgan fingerprint density at radius 1 is 1.07 bits per heavy atom. The number of benzene rings is 2. The SMILES string of the molecule is COc1ccc(N2CCN(C(=O)N[C@@H]3CC(=O)N(c4cccc(F)c4)C3)CC2)cc1. The zero-order valence-electron chi connectivity index (χ0n) is 16.9. The Hall–Kier alpha value is -3.29. The van der Waals surface area contributed by atoms with Crippen molar-refractivity contribution in [2.75, 3.05) is 49.6 Å². The standard InChI is InChI=1S/C22H25FN4O3/c1-30-20-7-5-18(6-8-20)25-9-11-26(12-10-25)22(29)24-17-14-21(28)27(15-17)19-4-2-3-16(23)13-19/h2-8,13,17H,9-12,14-15H2,1H3,(H,24,29)/t17-/m1/s1. The van der Waals surface area contributed by atoms with Crippen molar-refractivity contribution in [1.29, 1.82) is 0 Å². The molecule has 158 valence electrons. The predicted molar refractivity (Wildman–Crippen MR) is 112 cm³/mol. The van der Waals surface area contributed by atoms with Gasteiger partial charge in [0.05, 0.1) is 13.2 Å². The lowest BCUT2D eigenvalue weighted by Crippen LogP contribution is -2.53. The highest BCUT2D eigenvalue weighted by atomic mass is 19.1. The van der Waals surface area contributed by atoms with Gasteiger partial charge in [0, 0.05) is 50.5 Å². The lowest BCUT2D eigenvalue weighted by molar-refractivity contribution is -0.117. The van der Waals surface area contributed by atoms with Crippen LogP contribution in [0.5, 0.6) is 5.75 Å². The fourth-order valence-electron chi connectivity index (χ4n) is 3.92. The summed E-state index contributed by atoms with van der Waals surface area (Å²) in [7, 11) is 1.64. The second kappa shape index (κ2) is 8.61. The van der Waals surface area contributed by atoms with Crippen LogP contribution in [0.2, 0.25) is 0 Å². The molecule has 30 heavy (non-hydrogen) atoms. The van der Waals surface area contributed by atoms with Crippen LogP contribution in [-0.4, -0.2) is 62.7 Å². The maximum Gasteiger partial charge on any atom is 0.317 e. The average molecular weight is 412 g/mol. The van der Waals surface area contributed by atoms with Crippen molar-refractivity contribution in [3.05, 3.63) is 54.3 Å². The number of hydrogen-bond donors (Lipinski definition) is 1. The van der Waals surface area contributed by atoms with Gasteiger partial charge in [-0.3, -0.25) is 4.79 Å². The minimum absolute atomic E-state index is 0.116. The fraction of sp³-hybridized carbons (Fsp3) is 0.364. The highest BCUT2D eigenvalue weighted by Gasteiger charge is 2.33. The lowest BCUT2D eigenvalue weighted by Gasteiger charge is -2.36. The summed E-state index contributed by atoms with van der Waals surface area (Å²) >= 11 is 0. The summed E-state index contributed by atoms with van der Waals surface area (Å²) in [6, 6.07) is 13.4. The number of nitrogens with one attached hydrogen (secondary N) is 1. The number of carbonyl (C=O) groups excluding carboxylic acids is 2. The van der Waals surface area contributed by atoms with Gasteiger partial charge in [-0.15, -0.1) is 0 Å². The third-order valence-electron chi connectivity index (χ3n) is 5.58. The van der Waals surface area contributed by atoms with Crippen LogP contribution in [0.3, 0.4) is 0 Å². The Balaban J connectivity index is 1.29. The maximum atomic E-state index is 13.5. The van der Waals surface area contributed by atoms with E-state index in [1.54, 1.807) is 24.1 Å². The number of ether oxygens (including phenoxy) is 1. The van der Waals surface area contributed by atoms with Gasteiger partial charge in [0.25, 0.3) is 0 Å². The molecule has 2 aliphatic rings. The van der Waals surface area contributed by atoms with Crippen LogP contribution in [0.25, 0.3) is 0 Å². The van der Waals surface area contributed by atoms with E-state index in [9.17, 15) is 14.0 Å². The second-order valence-electron chi connectivity index (χ2n) is 7.51. The summed E-state index contributed by atoms with van der Waals surface area (Å²) < 4.78 is 18.7. The van der Waals surface area contributed by atoms with E-state index >= 15 is 0 Å². The van der Waals surface area contributed by atoms with Gasteiger partial charge in [-0.2, -0.15) is 0 Å². The van der Waals surface area contributed by atoms with Gasteiger partial charge < -0.3 is 24.8 Å². The monoisotopic (exact) mass is 412 g/mol. The third-order valence-corrected chi connectivity index (χ3v) is 5.58. The van der Waals surface area contributed by atoms with E-state index in [0.717, 1.165) is 24.5 Å². The fourth-order valence-corrected chi connectivity index (χ4v) is 3.92. The first kappa shape index (κ1) is 20.0. The molecule has 0 unspecified atom stereocenters. The summed E-state index contributed by atoms with van der Waals surface area (Å²) in [5.74, 6) is 0.313. The van der Waals surface area contributed by atoms with Crippen molar-refractivity contribution in [1.82, 2.24) is 10.2 Å². The van der Waals surface area contributed by atoms with Crippen LogP contribution in [0, 0.1) is 5.82 Å². The van der Waals surface area contributed by atoms with Gasteiger partial charge >= 0.3 is 6.03 Å². The van der Waals surface area contributed by atoms with Crippen LogP contribution in [-0.2, 0) is 4.79 Å². The van der Waals surface area contributed by atoms with Crippen molar-refractivity contribution < 1.29 is 18.7 Å². The normalized spacial score (nSPS) is 19.2. The van der Waals surface area contributed by atoms with E-state index < -0.39 is 0 Å². The minimum Gasteiger partial charge on any atom is -0.497 e. The molecule has 2 aliphatic heterocycles. The number of amides is 3. The Labute approximate surface area is 175 Å². The Morgan fingerprint density at radius 3 is 2.47 bits per heavy atom. The molecule has 8 heteroatoms. The average Bonchev–Trinajstić information content (AvgIpc) is 3.14. The van der Waals surface area contributed by atoms with Gasteiger partial charge in [0.2, 0.25) is 5.91 Å². The molecule has 2 fully saturated rings. The number of rotatable bonds is 4. The van der Waals surface area contributed by atoms with Crippen LogP contribution < -0.4 is 19.9 Å². The molecule has 0 saturated carbocycles. The predicted octanol–water partition coefficient (Wildman–Crippen LogP) is 2.47. The minimum atomic E-state index is -0.387. The molecule has 0 aromatic heterocycles. The zero-order valence-corrected chi connectivity index (χ0v) is 16.9. The van der Waals surface area contributed by atoms with E-state index in [1.807, 2.05) is 24.3 Å². The molecular weight excluding hydrogens is 387 g/mol. The molecule has 7 nitrogen and oxygen atoms in total. The first-order valence-corrected chi connectivity index (χ1v) is 10.0. The molecule has 3 amide bonds. The first-order valence-electron chi connectivity index (χ1n) is 10.0. The molecule has 2 saturated heterocycles. The molecule has 0 radical (unpaired) electrons. The molecular formula is C22H25FN4O3. The highest BCUT2D eigenvalue weighted by molar-refractivity contribution is 5.96. The molecule has 2 heterocycles. The Kier molecular flexibility index (Phi) is 5.74. The number of anilines is 2. The van der Waals surface area contributed by atoms with Crippen molar-refractivity contribution in [3.8, 4) is 5.75 Å². The quantitative estimate of drug-likeness (QED) is 0.838. The van der Waals surface area contributed by atoms with Gasteiger partial charge in [-0.05, 0) is 42.5 Å². The van der Waals surface area contributed by atoms with Crippen LogP contribution in [0.15, 0.2) is 48.5 Å². The largest absolute Gasteiger partial charge is 0.497 e. The molecule has 0 spiro atoms. The Bertz CT molecular complexity index is 913. The van der Waals surface area contributed by atoms with Gasteiger partial charge in [0.15, 0.2) is 0 Å². The third kappa shape index (κ3) is 4.32. The summed E-state index contributed by atoms with van der Waals surface area (Å²) in [5.41, 5.74) is 1.62. The smallest absolute Gasteiger partial charge is 0.317 e. The molecule has 0 aliphatic carbocycles. The molecule has 2 aromatic rings. The Morgan fingerprint density at radius 2 is 1.80 bits per heavy atom. The number of hydrogen-bond acceptors (Lipinski definition) is 4. The van der Waals surface area contributed by atoms with Crippen LogP contribution in [0.4, 0.5) is 20.6 Å². The second-order valence-corrected chi connectivity index (χ2v) is 7.51. The highest BCUT2D eigenvalue weighted by Crippen LogP contribution is 2.23. The van der Waals surface area contributed by atoms with Gasteiger partial charge in [-0.25, -0.2) is 9.18 Å². The summed E-state index contributed by atoms with van der Waals surface area (Å²) in [6.45, 7) is 3.02. The number of piperazine rings is 1. The van der Waals surface area contributed by atoms with Crippen molar-refractivity contribution in [2.45, 2.75) is 12.5 Å². The molecule has 2 aromatic carbocycles. The van der Waals surface area contributed by atoms with E-state index in [0.29, 0.717) is 25.3 Å². The van der Waals surface area contributed by atoms with Crippen LogP contribution >= 0.6 is 0 Å². The summed E-state index contributed by atoms with van der Waals surface area (Å²) in [5, 5.41) is 2.96. The first-order chi connectivity index (χ1) is 14.5. The molecule has 4 rings (SSSR count). The summed E-state index contributed by atoms with van der Waals surface area (Å²) in [4.78, 5) is 30.5. The van der Waals surface area contributed by atoms with Crippen molar-refractivity contribution >= 4 is 23.3 Å². The lowest BCUT2D eigenvalue weighted by atomic mass is 10.2. The molecule has 0 bridgehead atoms. The van der Waals surface area contributed by atoms with E-state index in [1.165, 1.54) is 17.0 Å². The number of methoxy groups -OCH3 is 1. The maximum absolute atomic E-state index is 13.5. The zero-order chi connectivity index (χ0) is 21.1. The van der Waals surface area contributed by atoms with Gasteiger partial charge in [0.1, 0.15) is 11.6 Å². The van der Waals surface area contributed by atoms with E-state index in [-0.39, 0.29) is 30.2 Å². The van der Waals surface area contributed by atoms with Crippen LogP contribution in [0.1, 0.15) is 6.42 Å². The number of halogens is 1. The van der Waals surface area contributed by atoms with E-state index in [2.05, 4.69) is 10.2 Å². The number of nitrogens with zero attached hydrogens (tertiary/aromatic N) is 3. The molecule has 1 N–H and O–H groups in total.